The zero-order valence-electron chi connectivity index (χ0n) is 14.9. The Bertz CT molecular complexity index is 445. The van der Waals surface area contributed by atoms with Gasteiger partial charge in [-0.2, -0.15) is 4.89 Å². The average Bonchev–Trinajstić information content (AvgIpc) is 2.83. The summed E-state index contributed by atoms with van der Waals surface area (Å²) >= 11 is 0. The SMILES string of the molecule is CCCCCCOOC(=O)C(=O)OC1CC2CCC1(C)C2(C)C. The standard InChI is InChI=1S/C18H30O5/c1-5-6-7-8-11-21-23-16(20)15(19)22-14-12-13-9-10-18(14,4)17(13,2)3/h13-14H,5-12H2,1-4H3. The molecule has 2 saturated carbocycles. The molecule has 0 amide bonds. The smallest absolute Gasteiger partial charge is 0.449 e. The molecule has 5 nitrogen and oxygen atoms in total. The Morgan fingerprint density at radius 2 is 1.83 bits per heavy atom. The molecule has 0 aromatic rings. The average molecular weight is 326 g/mol. The molecule has 0 saturated heterocycles. The Morgan fingerprint density at radius 1 is 1.09 bits per heavy atom. The summed E-state index contributed by atoms with van der Waals surface area (Å²) in [5.41, 5.74) is 0.0756. The van der Waals surface area contributed by atoms with Crippen LogP contribution in [0.15, 0.2) is 0 Å². The highest BCUT2D eigenvalue weighted by molar-refractivity contribution is 6.29. The first kappa shape index (κ1) is 18.2. The van der Waals surface area contributed by atoms with Crippen LogP contribution in [-0.2, 0) is 24.1 Å². The molecule has 0 spiro atoms. The lowest BCUT2D eigenvalue weighted by atomic mass is 9.70. The predicted octanol–water partition coefficient (Wildman–Crippen LogP) is 3.80. The molecular weight excluding hydrogens is 296 g/mol. The van der Waals surface area contributed by atoms with E-state index in [0.29, 0.717) is 12.5 Å². The van der Waals surface area contributed by atoms with E-state index in [2.05, 4.69) is 32.6 Å². The normalized spacial score (nSPS) is 31.1. The highest BCUT2D eigenvalue weighted by Crippen LogP contribution is 2.66. The summed E-state index contributed by atoms with van der Waals surface area (Å²) in [6.07, 6.45) is 6.91. The minimum Gasteiger partial charge on any atom is -0.453 e. The number of unbranched alkanes of at least 4 members (excludes halogenated alkanes) is 3. The van der Waals surface area contributed by atoms with Gasteiger partial charge in [0.1, 0.15) is 6.10 Å². The minimum absolute atomic E-state index is 0.0609. The van der Waals surface area contributed by atoms with Crippen molar-refractivity contribution < 1.29 is 24.1 Å². The molecule has 0 N–H and O–H groups in total. The van der Waals surface area contributed by atoms with E-state index in [4.69, 9.17) is 9.62 Å². The van der Waals surface area contributed by atoms with Crippen molar-refractivity contribution in [3.05, 3.63) is 0 Å². The van der Waals surface area contributed by atoms with E-state index in [9.17, 15) is 9.59 Å². The molecule has 2 rings (SSSR count). The number of hydrogen-bond acceptors (Lipinski definition) is 5. The second-order valence-electron chi connectivity index (χ2n) is 7.76. The monoisotopic (exact) mass is 326 g/mol. The lowest BCUT2D eigenvalue weighted by Crippen LogP contribution is -2.39. The first-order chi connectivity index (χ1) is 10.8. The molecule has 2 bridgehead atoms. The largest absolute Gasteiger partial charge is 0.453 e. The number of carbonyl (C=O) groups excluding carboxylic acids is 2. The van der Waals surface area contributed by atoms with Crippen LogP contribution in [0.1, 0.15) is 72.6 Å². The van der Waals surface area contributed by atoms with Crippen LogP contribution in [0.4, 0.5) is 0 Å². The van der Waals surface area contributed by atoms with Gasteiger partial charge in [0.15, 0.2) is 0 Å². The first-order valence-electron chi connectivity index (χ1n) is 8.87. The summed E-state index contributed by atoms with van der Waals surface area (Å²) in [5, 5.41) is 0. The molecule has 2 fully saturated rings. The van der Waals surface area contributed by atoms with Crippen molar-refractivity contribution in [3.63, 3.8) is 0 Å². The lowest BCUT2D eigenvalue weighted by Gasteiger charge is -2.38. The predicted molar refractivity (Wildman–Crippen MR) is 85.3 cm³/mol. The maximum atomic E-state index is 11.9. The van der Waals surface area contributed by atoms with E-state index in [1.165, 1.54) is 6.42 Å². The Balaban J connectivity index is 1.74. The minimum atomic E-state index is -1.05. The van der Waals surface area contributed by atoms with E-state index in [0.717, 1.165) is 38.5 Å². The van der Waals surface area contributed by atoms with Gasteiger partial charge in [-0.05, 0) is 37.0 Å². The summed E-state index contributed by atoms with van der Waals surface area (Å²) in [6, 6.07) is 0. The van der Waals surface area contributed by atoms with Crippen LogP contribution in [-0.4, -0.2) is 24.6 Å². The van der Waals surface area contributed by atoms with Gasteiger partial charge in [0.25, 0.3) is 0 Å². The fraction of sp³-hybridized carbons (Fsp3) is 0.889. The van der Waals surface area contributed by atoms with Gasteiger partial charge in [0.2, 0.25) is 0 Å². The Labute approximate surface area is 139 Å². The number of hydrogen-bond donors (Lipinski definition) is 0. The molecule has 23 heavy (non-hydrogen) atoms. The van der Waals surface area contributed by atoms with Crippen molar-refractivity contribution in [1.29, 1.82) is 0 Å². The van der Waals surface area contributed by atoms with E-state index in [1.54, 1.807) is 0 Å². The van der Waals surface area contributed by atoms with Crippen LogP contribution in [0.3, 0.4) is 0 Å². The van der Waals surface area contributed by atoms with Crippen LogP contribution in [0.25, 0.3) is 0 Å². The van der Waals surface area contributed by atoms with Crippen LogP contribution in [0.5, 0.6) is 0 Å². The molecular formula is C18H30O5. The van der Waals surface area contributed by atoms with Gasteiger partial charge < -0.3 is 4.74 Å². The number of rotatable bonds is 7. The van der Waals surface area contributed by atoms with Crippen molar-refractivity contribution in [2.24, 2.45) is 16.7 Å². The Kier molecular flexibility index (Phi) is 5.71. The van der Waals surface area contributed by atoms with E-state index in [-0.39, 0.29) is 16.9 Å². The molecule has 132 valence electrons. The third-order valence-corrected chi connectivity index (χ3v) is 6.35. The summed E-state index contributed by atoms with van der Waals surface area (Å²) in [4.78, 5) is 32.9. The van der Waals surface area contributed by atoms with E-state index >= 15 is 0 Å². The van der Waals surface area contributed by atoms with Crippen molar-refractivity contribution >= 4 is 11.9 Å². The van der Waals surface area contributed by atoms with Crippen LogP contribution in [0, 0.1) is 16.7 Å². The zero-order valence-corrected chi connectivity index (χ0v) is 14.9. The van der Waals surface area contributed by atoms with Crippen molar-refractivity contribution in [2.75, 3.05) is 6.61 Å². The number of ether oxygens (including phenoxy) is 1. The summed E-state index contributed by atoms with van der Waals surface area (Å²) in [5.74, 6) is -1.44. The summed E-state index contributed by atoms with van der Waals surface area (Å²) in [6.45, 7) is 9.06. The van der Waals surface area contributed by atoms with Crippen molar-refractivity contribution in [2.45, 2.75) is 78.7 Å². The molecule has 3 unspecified atom stereocenters. The molecule has 3 atom stereocenters. The maximum absolute atomic E-state index is 11.9. The van der Waals surface area contributed by atoms with Gasteiger partial charge in [0, 0.05) is 5.41 Å². The summed E-state index contributed by atoms with van der Waals surface area (Å²) in [7, 11) is 0. The van der Waals surface area contributed by atoms with E-state index in [1.807, 2.05) is 0 Å². The Hall–Kier alpha value is -1.10. The number of carbonyl (C=O) groups is 2. The van der Waals surface area contributed by atoms with Crippen molar-refractivity contribution in [1.82, 2.24) is 0 Å². The van der Waals surface area contributed by atoms with Crippen LogP contribution in [0.2, 0.25) is 0 Å². The maximum Gasteiger partial charge on any atom is 0.449 e. The molecule has 0 radical (unpaired) electrons. The number of fused-ring (bicyclic) bond motifs is 2. The van der Waals surface area contributed by atoms with Gasteiger partial charge in [-0.15, -0.1) is 0 Å². The van der Waals surface area contributed by atoms with Gasteiger partial charge in [-0.1, -0.05) is 47.0 Å². The second-order valence-corrected chi connectivity index (χ2v) is 7.76. The van der Waals surface area contributed by atoms with Crippen LogP contribution < -0.4 is 0 Å². The van der Waals surface area contributed by atoms with Crippen molar-refractivity contribution in [3.8, 4) is 0 Å². The highest BCUT2D eigenvalue weighted by atomic mass is 17.2. The fourth-order valence-electron chi connectivity index (χ4n) is 4.20. The molecule has 2 aliphatic carbocycles. The number of esters is 1. The van der Waals surface area contributed by atoms with Gasteiger partial charge >= 0.3 is 11.9 Å². The Morgan fingerprint density at radius 3 is 2.39 bits per heavy atom. The van der Waals surface area contributed by atoms with Gasteiger partial charge in [-0.3, -0.25) is 4.89 Å². The zero-order chi connectivity index (χ0) is 17.1. The lowest BCUT2D eigenvalue weighted by molar-refractivity contribution is -0.273. The third kappa shape index (κ3) is 3.54. The van der Waals surface area contributed by atoms with E-state index < -0.39 is 11.9 Å². The molecule has 5 heteroatoms. The molecule has 2 aliphatic rings. The second kappa shape index (κ2) is 7.20. The van der Waals surface area contributed by atoms with Gasteiger partial charge in [-0.25, -0.2) is 9.59 Å². The molecule has 0 aromatic carbocycles. The molecule has 0 aliphatic heterocycles. The fourth-order valence-corrected chi connectivity index (χ4v) is 4.20. The molecule has 0 aromatic heterocycles. The summed E-state index contributed by atoms with van der Waals surface area (Å²) < 4.78 is 5.45. The van der Waals surface area contributed by atoms with Gasteiger partial charge in [0.05, 0.1) is 6.61 Å². The first-order valence-corrected chi connectivity index (χ1v) is 8.87. The topological polar surface area (TPSA) is 61.8 Å². The quantitative estimate of drug-likeness (QED) is 0.234. The third-order valence-electron chi connectivity index (χ3n) is 6.35. The highest BCUT2D eigenvalue weighted by Gasteiger charge is 2.63. The molecule has 0 heterocycles. The van der Waals surface area contributed by atoms with Crippen LogP contribution >= 0.6 is 0 Å².